The Labute approximate surface area is 100 Å². The van der Waals surface area contributed by atoms with Gasteiger partial charge in [-0.3, -0.25) is 4.67 Å². The van der Waals surface area contributed by atoms with Gasteiger partial charge in [-0.25, -0.2) is 4.79 Å². The normalized spacial score (nSPS) is 28.4. The molecule has 106 valence electrons. The molecule has 0 aromatic heterocycles. The largest absolute Gasteiger partial charge is 0.424 e. The number of carbonyl (C=O) groups is 1. The predicted octanol–water partition coefficient (Wildman–Crippen LogP) is 5.30. The van der Waals surface area contributed by atoms with Crippen LogP contribution in [-0.4, -0.2) is 36.7 Å². The Balaban J connectivity index is 3.40. The first-order valence-corrected chi connectivity index (χ1v) is 8.73. The number of hydrogen-bond donors (Lipinski definition) is 0. The van der Waals surface area contributed by atoms with Crippen LogP contribution in [0.1, 0.15) is 0 Å². The van der Waals surface area contributed by atoms with Crippen LogP contribution in [0.15, 0.2) is 13.5 Å². The van der Waals surface area contributed by atoms with Gasteiger partial charge in [-0.1, -0.05) is 0 Å². The van der Waals surface area contributed by atoms with Crippen LogP contribution in [0.4, 0.5) is 25.8 Å². The van der Waals surface area contributed by atoms with E-state index in [2.05, 4.69) is 9.03 Å². The van der Waals surface area contributed by atoms with Crippen molar-refractivity contribution in [3.05, 3.63) is 0 Å². The van der Waals surface area contributed by atoms with E-state index < -0.39 is 29.4 Å². The number of amides is 2. The third kappa shape index (κ3) is 3.33. The molecule has 0 spiro atoms. The van der Waals surface area contributed by atoms with E-state index in [0.717, 1.165) is 11.9 Å². The highest BCUT2D eigenvalue weighted by Crippen LogP contribution is 2.82. The third-order valence-electron chi connectivity index (χ3n) is 1.70. The highest BCUT2D eigenvalue weighted by atomic mass is 31.3. The third-order valence-corrected chi connectivity index (χ3v) is 7.90. The SMILES string of the molecule is CN(C)C(=O)N(C)P1(F)=NP(F)(F)=NP(F)(F)=N1. The van der Waals surface area contributed by atoms with Gasteiger partial charge in [0.2, 0.25) is 0 Å². The molecular weight excluding hydrogens is 322 g/mol. The number of hydrogen-bond acceptors (Lipinski definition) is 4. The van der Waals surface area contributed by atoms with Crippen LogP contribution < -0.4 is 0 Å². The van der Waals surface area contributed by atoms with Crippen LogP contribution in [0.5, 0.6) is 0 Å². The standard InChI is InChI=1S/C4H9F5N5OP3/c1-13(2)4(15)14(3)18(9)11-16(5,6)10-17(7,8)12-18/h1-3H3. The van der Waals surface area contributed by atoms with E-state index in [1.165, 1.54) is 14.1 Å². The molecule has 14 heteroatoms. The fourth-order valence-corrected chi connectivity index (χ4v) is 6.95. The fraction of sp³-hybridized carbons (Fsp3) is 0.750. The zero-order valence-electron chi connectivity index (χ0n) is 9.38. The van der Waals surface area contributed by atoms with Crippen LogP contribution in [0, 0.1) is 0 Å². The molecule has 0 N–H and O–H groups in total. The molecule has 0 saturated heterocycles. The molecule has 0 saturated carbocycles. The summed E-state index contributed by atoms with van der Waals surface area (Å²) in [7, 11) is -13.5. The zero-order chi connectivity index (χ0) is 14.4. The monoisotopic (exact) mass is 331 g/mol. The average Bonchev–Trinajstić information content (AvgIpc) is 2.09. The van der Waals surface area contributed by atoms with E-state index in [0.29, 0.717) is 0 Å². The summed E-state index contributed by atoms with van der Waals surface area (Å²) in [5, 5.41) is 0. The second-order valence-electron chi connectivity index (χ2n) is 3.38. The van der Waals surface area contributed by atoms with E-state index in [1.807, 2.05) is 4.52 Å². The number of rotatable bonds is 1. The summed E-state index contributed by atoms with van der Waals surface area (Å²) in [6, 6.07) is -1.08. The van der Waals surface area contributed by atoms with Crippen LogP contribution >= 0.6 is 23.3 Å². The summed E-state index contributed by atoms with van der Waals surface area (Å²) in [6.07, 6.45) is 0. The first-order valence-electron chi connectivity index (χ1n) is 4.24. The van der Waals surface area contributed by atoms with E-state index in [9.17, 15) is 25.8 Å². The predicted molar refractivity (Wildman–Crippen MR) is 60.4 cm³/mol. The zero-order valence-corrected chi connectivity index (χ0v) is 12.1. The molecule has 0 fully saturated rings. The maximum absolute atomic E-state index is 14.1. The van der Waals surface area contributed by atoms with Gasteiger partial charge in [0, 0.05) is 21.1 Å². The van der Waals surface area contributed by atoms with Crippen LogP contribution in [-0.2, 0) is 0 Å². The molecule has 1 rings (SSSR count). The van der Waals surface area contributed by atoms with Crippen molar-refractivity contribution in [3.8, 4) is 0 Å². The number of urea groups is 1. The molecule has 1 heterocycles. The van der Waals surface area contributed by atoms with Gasteiger partial charge >= 0.3 is 29.4 Å². The molecule has 1 aliphatic rings. The molecule has 1 aliphatic heterocycles. The molecular formula is C4H9F5N5OP3. The van der Waals surface area contributed by atoms with Crippen molar-refractivity contribution >= 4 is 29.4 Å². The van der Waals surface area contributed by atoms with E-state index in [-0.39, 0.29) is 4.67 Å². The molecule has 1 unspecified atom stereocenters. The van der Waals surface area contributed by atoms with Crippen molar-refractivity contribution in [2.24, 2.45) is 13.5 Å². The second-order valence-corrected chi connectivity index (χ2v) is 8.94. The molecule has 0 aliphatic carbocycles. The maximum Gasteiger partial charge on any atom is 0.424 e. The lowest BCUT2D eigenvalue weighted by molar-refractivity contribution is 0.203. The Morgan fingerprint density at radius 1 is 0.889 bits per heavy atom. The molecule has 0 aromatic carbocycles. The minimum absolute atomic E-state index is 0.0868. The average molecular weight is 331 g/mol. The fourth-order valence-electron chi connectivity index (χ4n) is 0.975. The van der Waals surface area contributed by atoms with E-state index in [4.69, 9.17) is 0 Å². The Morgan fingerprint density at radius 3 is 1.72 bits per heavy atom. The minimum Gasteiger partial charge on any atom is -0.330 e. The van der Waals surface area contributed by atoms with Crippen molar-refractivity contribution in [1.82, 2.24) is 9.57 Å². The molecule has 0 aromatic rings. The quantitative estimate of drug-likeness (QED) is 0.475. The number of nitrogens with zero attached hydrogens (tertiary/aromatic N) is 5. The van der Waals surface area contributed by atoms with Crippen LogP contribution in [0.3, 0.4) is 0 Å². The lowest BCUT2D eigenvalue weighted by Crippen LogP contribution is -2.33. The Morgan fingerprint density at radius 2 is 1.33 bits per heavy atom. The Kier molecular flexibility index (Phi) is 4.02. The topological polar surface area (TPSA) is 60.6 Å². The molecule has 2 amide bonds. The Hall–Kier alpha value is -0.390. The van der Waals surface area contributed by atoms with Crippen molar-refractivity contribution in [2.45, 2.75) is 0 Å². The summed E-state index contributed by atoms with van der Waals surface area (Å²) in [4.78, 5) is 12.2. The summed E-state index contributed by atoms with van der Waals surface area (Å²) >= 11 is 0. The molecule has 6 nitrogen and oxygen atoms in total. The minimum atomic E-state index is -5.79. The lowest BCUT2D eigenvalue weighted by Gasteiger charge is -2.27. The summed E-state index contributed by atoms with van der Waals surface area (Å²) in [5.41, 5.74) is 0. The van der Waals surface area contributed by atoms with Crippen LogP contribution in [0.25, 0.3) is 0 Å². The van der Waals surface area contributed by atoms with Gasteiger partial charge in [0.05, 0.1) is 0 Å². The first kappa shape index (κ1) is 15.7. The van der Waals surface area contributed by atoms with Gasteiger partial charge < -0.3 is 4.90 Å². The van der Waals surface area contributed by atoms with Gasteiger partial charge in [-0.15, -0.1) is 30.3 Å². The first-order chi connectivity index (χ1) is 7.89. The van der Waals surface area contributed by atoms with Gasteiger partial charge in [0.15, 0.2) is 0 Å². The van der Waals surface area contributed by atoms with Crippen molar-refractivity contribution in [2.75, 3.05) is 21.1 Å². The molecule has 1 atom stereocenters. The lowest BCUT2D eigenvalue weighted by atomic mass is 10.8. The van der Waals surface area contributed by atoms with E-state index >= 15 is 0 Å². The van der Waals surface area contributed by atoms with Crippen molar-refractivity contribution in [3.63, 3.8) is 0 Å². The number of halogens is 5. The van der Waals surface area contributed by atoms with Gasteiger partial charge in [-0.2, -0.15) is 4.20 Å². The van der Waals surface area contributed by atoms with Crippen molar-refractivity contribution in [1.29, 1.82) is 0 Å². The molecule has 18 heavy (non-hydrogen) atoms. The van der Waals surface area contributed by atoms with Crippen molar-refractivity contribution < 1.29 is 25.8 Å². The number of carbonyl (C=O) groups excluding carboxylic acids is 1. The van der Waals surface area contributed by atoms with Crippen LogP contribution in [0.2, 0.25) is 0 Å². The highest BCUT2D eigenvalue weighted by Gasteiger charge is 2.43. The smallest absolute Gasteiger partial charge is 0.330 e. The van der Waals surface area contributed by atoms with Gasteiger partial charge in [0.25, 0.3) is 0 Å². The molecule has 0 bridgehead atoms. The molecule has 0 radical (unpaired) electrons. The maximum atomic E-state index is 14.1. The summed E-state index contributed by atoms with van der Waals surface area (Å²) in [6.45, 7) is 0. The van der Waals surface area contributed by atoms with Gasteiger partial charge in [-0.05, 0) is 0 Å². The summed E-state index contributed by atoms with van der Waals surface area (Å²) < 4.78 is 72.4. The highest BCUT2D eigenvalue weighted by molar-refractivity contribution is 7.78. The Bertz CT molecular complexity index is 526. The van der Waals surface area contributed by atoms with E-state index in [1.54, 1.807) is 0 Å². The van der Waals surface area contributed by atoms with Gasteiger partial charge in [0.1, 0.15) is 0 Å². The second kappa shape index (κ2) is 4.62. The summed E-state index contributed by atoms with van der Waals surface area (Å²) in [5.74, 6) is 0.